The van der Waals surface area contributed by atoms with E-state index in [0.717, 1.165) is 12.1 Å². The molecule has 0 radical (unpaired) electrons. The Balaban J connectivity index is 3.19. The van der Waals surface area contributed by atoms with Crippen molar-refractivity contribution in [1.82, 2.24) is 0 Å². The minimum absolute atomic E-state index is 0.0852. The van der Waals surface area contributed by atoms with Crippen molar-refractivity contribution in [3.05, 3.63) is 23.5 Å². The van der Waals surface area contributed by atoms with Crippen LogP contribution in [-0.4, -0.2) is 19.7 Å². The van der Waals surface area contributed by atoms with Gasteiger partial charge in [-0.25, -0.2) is 4.39 Å². The highest BCUT2D eigenvalue weighted by Crippen LogP contribution is 2.30. The summed E-state index contributed by atoms with van der Waals surface area (Å²) >= 11 is 0. The van der Waals surface area contributed by atoms with E-state index in [0.29, 0.717) is 0 Å². The van der Waals surface area contributed by atoms with Gasteiger partial charge >= 0.3 is 6.36 Å². The van der Waals surface area contributed by atoms with E-state index in [1.807, 2.05) is 0 Å². The van der Waals surface area contributed by atoms with Crippen molar-refractivity contribution in [2.75, 3.05) is 12.4 Å². The lowest BCUT2D eigenvalue weighted by Crippen LogP contribution is -2.18. The summed E-state index contributed by atoms with van der Waals surface area (Å²) in [4.78, 5) is 10.5. The number of ether oxygens (including phenoxy) is 1. The fourth-order valence-corrected chi connectivity index (χ4v) is 1.11. The molecule has 0 bridgehead atoms. The molecule has 1 N–H and O–H groups in total. The van der Waals surface area contributed by atoms with Crippen LogP contribution in [0.1, 0.15) is 10.4 Å². The summed E-state index contributed by atoms with van der Waals surface area (Å²) in [6.07, 6.45) is -4.88. The minimum Gasteiger partial charge on any atom is -0.403 e. The summed E-state index contributed by atoms with van der Waals surface area (Å²) in [5, 5.41) is 2.47. The molecule has 0 spiro atoms. The first kappa shape index (κ1) is 12.3. The van der Waals surface area contributed by atoms with Gasteiger partial charge in [0.25, 0.3) is 0 Å². The lowest BCUT2D eigenvalue weighted by Gasteiger charge is -2.12. The van der Waals surface area contributed by atoms with Gasteiger partial charge in [-0.15, -0.1) is 13.2 Å². The fourth-order valence-electron chi connectivity index (χ4n) is 1.11. The second-order valence-corrected chi connectivity index (χ2v) is 2.75. The Bertz CT molecular complexity index is 403. The molecular weight excluding hydrogens is 230 g/mol. The number of alkyl halides is 3. The fraction of sp³-hybridized carbons (Fsp3) is 0.222. The zero-order valence-corrected chi connectivity index (χ0v) is 8.06. The summed E-state index contributed by atoms with van der Waals surface area (Å²) < 4.78 is 52.3. The van der Waals surface area contributed by atoms with E-state index in [2.05, 4.69) is 10.1 Å². The molecular formula is C9H7F4NO2. The van der Waals surface area contributed by atoms with Crippen molar-refractivity contribution < 1.29 is 27.1 Å². The highest BCUT2D eigenvalue weighted by molar-refractivity contribution is 5.85. The molecule has 0 aliphatic carbocycles. The number of carbonyl (C=O) groups excluding carboxylic acids is 1. The molecule has 0 fully saturated rings. The number of benzene rings is 1. The quantitative estimate of drug-likeness (QED) is 0.648. The number of anilines is 1. The van der Waals surface area contributed by atoms with Crippen LogP contribution in [0.5, 0.6) is 5.75 Å². The lowest BCUT2D eigenvalue weighted by atomic mass is 10.1. The molecule has 88 valence electrons. The zero-order valence-electron chi connectivity index (χ0n) is 8.06. The van der Waals surface area contributed by atoms with Gasteiger partial charge in [-0.05, 0) is 12.1 Å². The van der Waals surface area contributed by atoms with Gasteiger partial charge in [-0.2, -0.15) is 0 Å². The number of hydrogen-bond donors (Lipinski definition) is 1. The second-order valence-electron chi connectivity index (χ2n) is 2.75. The van der Waals surface area contributed by atoms with Gasteiger partial charge in [0.05, 0.1) is 5.56 Å². The molecule has 0 aliphatic rings. The Hall–Kier alpha value is -1.79. The van der Waals surface area contributed by atoms with Crippen LogP contribution in [0.15, 0.2) is 12.1 Å². The number of nitrogens with one attached hydrogen (secondary N) is 1. The van der Waals surface area contributed by atoms with Gasteiger partial charge in [0.15, 0.2) is 17.9 Å². The average molecular weight is 237 g/mol. The first-order valence-electron chi connectivity index (χ1n) is 4.10. The molecule has 0 aromatic heterocycles. The average Bonchev–Trinajstić information content (AvgIpc) is 2.19. The van der Waals surface area contributed by atoms with Crippen LogP contribution in [-0.2, 0) is 0 Å². The zero-order chi connectivity index (χ0) is 12.3. The SMILES string of the molecule is CNc1ccc(OC(F)(F)F)c(F)c1C=O. The van der Waals surface area contributed by atoms with E-state index < -0.39 is 23.5 Å². The molecule has 0 amide bonds. The van der Waals surface area contributed by atoms with Gasteiger partial charge < -0.3 is 10.1 Å². The van der Waals surface area contributed by atoms with E-state index in [-0.39, 0.29) is 12.0 Å². The third kappa shape index (κ3) is 2.62. The summed E-state index contributed by atoms with van der Waals surface area (Å²) in [6.45, 7) is 0. The molecule has 1 rings (SSSR count). The Morgan fingerprint density at radius 2 is 2.00 bits per heavy atom. The number of rotatable bonds is 3. The van der Waals surface area contributed by atoms with Crippen molar-refractivity contribution in [3.63, 3.8) is 0 Å². The van der Waals surface area contributed by atoms with Crippen molar-refractivity contribution in [2.24, 2.45) is 0 Å². The van der Waals surface area contributed by atoms with Gasteiger partial charge in [0, 0.05) is 12.7 Å². The first-order valence-corrected chi connectivity index (χ1v) is 4.10. The molecule has 7 heteroatoms. The van der Waals surface area contributed by atoms with Crippen LogP contribution in [0.25, 0.3) is 0 Å². The maximum absolute atomic E-state index is 13.4. The van der Waals surface area contributed by atoms with Crippen LogP contribution in [0.4, 0.5) is 23.2 Å². The maximum atomic E-state index is 13.4. The number of halogens is 4. The Morgan fingerprint density at radius 3 is 2.44 bits per heavy atom. The second kappa shape index (κ2) is 4.38. The van der Waals surface area contributed by atoms with Crippen LogP contribution < -0.4 is 10.1 Å². The molecule has 3 nitrogen and oxygen atoms in total. The van der Waals surface area contributed by atoms with E-state index in [1.54, 1.807) is 0 Å². The Morgan fingerprint density at radius 1 is 1.38 bits per heavy atom. The molecule has 0 atom stereocenters. The third-order valence-corrected chi connectivity index (χ3v) is 1.76. The van der Waals surface area contributed by atoms with E-state index in [9.17, 15) is 22.4 Å². The highest BCUT2D eigenvalue weighted by Gasteiger charge is 2.33. The monoisotopic (exact) mass is 237 g/mol. The van der Waals surface area contributed by atoms with E-state index in [1.165, 1.54) is 7.05 Å². The van der Waals surface area contributed by atoms with E-state index in [4.69, 9.17) is 0 Å². The van der Waals surface area contributed by atoms with Crippen LogP contribution in [0, 0.1) is 5.82 Å². The molecule has 0 saturated carbocycles. The van der Waals surface area contributed by atoms with Crippen molar-refractivity contribution in [1.29, 1.82) is 0 Å². The molecule has 1 aromatic carbocycles. The normalized spacial score (nSPS) is 11.1. The van der Waals surface area contributed by atoms with Crippen molar-refractivity contribution >= 4 is 12.0 Å². The highest BCUT2D eigenvalue weighted by atomic mass is 19.4. The Kier molecular flexibility index (Phi) is 3.36. The van der Waals surface area contributed by atoms with Crippen molar-refractivity contribution in [2.45, 2.75) is 6.36 Å². The molecule has 16 heavy (non-hydrogen) atoms. The minimum atomic E-state index is -5.00. The van der Waals surface area contributed by atoms with Gasteiger partial charge in [0.2, 0.25) is 0 Å². The molecule has 1 aromatic rings. The summed E-state index contributed by atoms with van der Waals surface area (Å²) in [5.41, 5.74) is -0.425. The van der Waals surface area contributed by atoms with Gasteiger partial charge in [-0.3, -0.25) is 4.79 Å². The Labute approximate surface area is 88.0 Å². The number of carbonyl (C=O) groups is 1. The van der Waals surface area contributed by atoms with Crippen LogP contribution >= 0.6 is 0 Å². The predicted molar refractivity (Wildman–Crippen MR) is 48.0 cm³/mol. The molecule has 0 saturated heterocycles. The third-order valence-electron chi connectivity index (χ3n) is 1.76. The first-order chi connectivity index (χ1) is 7.39. The largest absolute Gasteiger partial charge is 0.573 e. The smallest absolute Gasteiger partial charge is 0.403 e. The summed E-state index contributed by atoms with van der Waals surface area (Å²) in [7, 11) is 1.41. The number of hydrogen-bond acceptors (Lipinski definition) is 3. The predicted octanol–water partition coefficient (Wildman–Crippen LogP) is 2.58. The van der Waals surface area contributed by atoms with E-state index >= 15 is 0 Å². The lowest BCUT2D eigenvalue weighted by molar-refractivity contribution is -0.275. The molecule has 0 unspecified atom stereocenters. The topological polar surface area (TPSA) is 38.3 Å². The van der Waals surface area contributed by atoms with Crippen LogP contribution in [0.3, 0.4) is 0 Å². The molecule has 0 heterocycles. The van der Waals surface area contributed by atoms with Crippen LogP contribution in [0.2, 0.25) is 0 Å². The van der Waals surface area contributed by atoms with Crippen molar-refractivity contribution in [3.8, 4) is 5.75 Å². The summed E-state index contributed by atoms with van der Waals surface area (Å²) in [6, 6.07) is 1.91. The summed E-state index contributed by atoms with van der Waals surface area (Å²) in [5.74, 6) is -2.38. The standard InChI is InChI=1S/C9H7F4NO2/c1-14-6-2-3-7(16-9(11,12)13)8(10)5(6)4-15/h2-4,14H,1H3. The van der Waals surface area contributed by atoms with Gasteiger partial charge in [0.1, 0.15) is 0 Å². The molecule has 0 aliphatic heterocycles. The van der Waals surface area contributed by atoms with Gasteiger partial charge in [-0.1, -0.05) is 0 Å². The maximum Gasteiger partial charge on any atom is 0.573 e. The number of aldehydes is 1.